The van der Waals surface area contributed by atoms with Crippen molar-refractivity contribution in [2.75, 3.05) is 153 Å². The van der Waals surface area contributed by atoms with Gasteiger partial charge >= 0.3 is 66.6 Å². The zero-order valence-corrected chi connectivity index (χ0v) is 74.5. The highest BCUT2D eigenvalue weighted by molar-refractivity contribution is 7.80. The first-order chi connectivity index (χ1) is 48.7. The standard InChI is InChI=1S/2C12H21O5P.2C7H11O3P.5C6H9O3P/c1-8-9-15-10(13)18(14,16-11(2,3)4)17-12(5,6)7;1-6-9-15-12(13)18(14,16-10(4)7-2)17-11(5)8-3;2*1-4-5-6-10-7(8)11(2,3)9;5*1-4-5-9-6(7)10(2,3)8/h1H,9H2,2-7H3;1,10-11H,7-9H2,2-5H3;6H2,1-3H3;1H,5-6H2,2-3H3;5*1H,5H2,2-3H3. The molecule has 612 valence electrons. The van der Waals surface area contributed by atoms with E-state index in [0.29, 0.717) is 19.3 Å². The third-order valence-corrected chi connectivity index (χ3v) is 20.0. The predicted molar refractivity (Wildman–Crippen MR) is 426 cm³/mol. The van der Waals surface area contributed by atoms with Crippen molar-refractivity contribution in [1.82, 2.24) is 0 Å². The monoisotopic (exact) mass is 1700 g/mol. The van der Waals surface area contributed by atoms with Crippen LogP contribution in [-0.4, -0.2) is 228 Å². The molecule has 0 rings (SSSR count). The van der Waals surface area contributed by atoms with Crippen molar-refractivity contribution in [3.8, 4) is 111 Å². The normalized spacial score (nSPS) is 11.8. The lowest BCUT2D eigenvalue weighted by Gasteiger charge is -2.30. The van der Waals surface area contributed by atoms with Gasteiger partial charge in [0.2, 0.25) is 0 Å². The van der Waals surface area contributed by atoms with Gasteiger partial charge in [-0.05, 0) is 168 Å². The Balaban J connectivity index is -0.000000148. The SMILES string of the molecule is C#CCCOC(=O)P(C)(C)=O.C#CCOC(=O)P(=O)(OC(C)(C)C)OC(C)(C)C.C#CCOC(=O)P(=O)(OC(C)CC)OC(C)CC.C#CCOC(=O)P(C)(C)=O.C#CCOC(=O)P(C)(C)=O.C#CCOC(=O)P(C)(C)=O.C#CCOC(=O)P(C)(C)=O.C#CCOC(=O)P(C)(C)=O.CC#CCOC(=O)P(C)(C)=O. The summed E-state index contributed by atoms with van der Waals surface area (Å²) >= 11 is 0. The highest BCUT2D eigenvalue weighted by Crippen LogP contribution is 2.56. The third-order valence-electron chi connectivity index (χ3n) is 8.97. The Kier molecular flexibility index (Phi) is 67.4. The van der Waals surface area contributed by atoms with Crippen molar-refractivity contribution >= 4 is 117 Å². The van der Waals surface area contributed by atoms with Gasteiger partial charge in [-0.1, -0.05) is 61.2 Å². The van der Waals surface area contributed by atoms with Gasteiger partial charge in [-0.25, -0.2) is 52.3 Å². The van der Waals surface area contributed by atoms with Gasteiger partial charge in [0, 0.05) is 6.42 Å². The highest BCUT2D eigenvalue weighted by atomic mass is 31.2. The molecule has 0 aromatic rings. The van der Waals surface area contributed by atoms with Crippen molar-refractivity contribution in [3.05, 3.63) is 0 Å². The van der Waals surface area contributed by atoms with E-state index in [4.69, 9.17) is 69.5 Å². The Labute approximate surface area is 640 Å². The number of carbonyl (C=O) groups excluding carboxylic acids is 9. The zero-order valence-electron chi connectivity index (χ0n) is 66.4. The molecule has 31 nitrogen and oxygen atoms in total. The Morgan fingerprint density at radius 3 is 0.657 bits per heavy atom. The van der Waals surface area contributed by atoms with Crippen molar-refractivity contribution in [3.63, 3.8) is 0 Å². The Bertz CT molecular complexity index is 3450. The van der Waals surface area contributed by atoms with Crippen LogP contribution in [0.15, 0.2) is 0 Å². The van der Waals surface area contributed by atoms with E-state index in [0.717, 1.165) is 0 Å². The van der Waals surface area contributed by atoms with Gasteiger partial charge in [-0.3, -0.25) is 18.1 Å². The van der Waals surface area contributed by atoms with Crippen LogP contribution in [0, 0.1) is 111 Å². The van der Waals surface area contributed by atoms with Crippen molar-refractivity contribution in [2.24, 2.45) is 0 Å². The second-order valence-electron chi connectivity index (χ2n) is 24.9. The molecule has 2 atom stereocenters. The quantitative estimate of drug-likeness (QED) is 0.0319. The van der Waals surface area contributed by atoms with E-state index < -0.39 is 128 Å². The fraction of sp³-hybridized carbons (Fsp3) is 0.603. The molecule has 0 radical (unpaired) electrons. The molecule has 0 saturated carbocycles. The fourth-order valence-electron chi connectivity index (χ4n) is 3.89. The smallest absolute Gasteiger partial charge is 0.439 e. The van der Waals surface area contributed by atoms with Gasteiger partial charge in [0.05, 0.1) is 23.4 Å². The Hall–Kier alpha value is -6.82. The summed E-state index contributed by atoms with van der Waals surface area (Å²) in [6.45, 7) is 36.8. The van der Waals surface area contributed by atoms with E-state index in [1.165, 1.54) is 93.3 Å². The molecule has 2 unspecified atom stereocenters. The number of ether oxygens (including phenoxy) is 9. The first-order valence-electron chi connectivity index (χ1n) is 30.9. The second kappa shape index (κ2) is 60.9. The molecule has 40 heteroatoms. The summed E-state index contributed by atoms with van der Waals surface area (Å²) in [5.74, 6) is 22.2. The van der Waals surface area contributed by atoms with Gasteiger partial charge in [0.15, 0.2) is 103 Å². The summed E-state index contributed by atoms with van der Waals surface area (Å²) in [6.07, 6.45) is 39.7. The molecule has 0 fully saturated rings. The highest BCUT2D eigenvalue weighted by Gasteiger charge is 2.44. The van der Waals surface area contributed by atoms with E-state index in [-0.39, 0.29) is 71.7 Å². The minimum atomic E-state index is -4.04. The zero-order chi connectivity index (χ0) is 87.6. The molecule has 0 aromatic carbocycles. The fourth-order valence-corrected chi connectivity index (χ4v) is 10.1. The summed E-state index contributed by atoms with van der Waals surface area (Å²) in [6, 6.07) is 0. The molecule has 0 heterocycles. The Morgan fingerprint density at radius 1 is 0.306 bits per heavy atom. The maximum absolute atomic E-state index is 12.5. The minimum Gasteiger partial charge on any atom is -0.459 e. The van der Waals surface area contributed by atoms with Crippen LogP contribution in [0.4, 0.5) is 43.2 Å². The number of terminal acetylenes is 8. The van der Waals surface area contributed by atoms with Crippen LogP contribution in [0.1, 0.15) is 95.4 Å². The summed E-state index contributed by atoms with van der Waals surface area (Å²) in [5.41, 5.74) is -8.53. The van der Waals surface area contributed by atoms with Gasteiger partial charge in [-0.15, -0.1) is 63.2 Å². The van der Waals surface area contributed by atoms with E-state index in [1.54, 1.807) is 62.3 Å². The van der Waals surface area contributed by atoms with Gasteiger partial charge in [0.1, 0.15) is 6.61 Å². The van der Waals surface area contributed by atoms with E-state index >= 15 is 0 Å². The lowest BCUT2D eigenvalue weighted by Crippen LogP contribution is -2.27. The lowest BCUT2D eigenvalue weighted by atomic mass is 10.2. The average Bonchev–Trinajstić information content (AvgIpc) is 0.819. The maximum atomic E-state index is 12.5. The molecule has 0 aliphatic carbocycles. The van der Waals surface area contributed by atoms with Crippen LogP contribution >= 0.6 is 65.2 Å². The molecule has 0 amide bonds. The molecular formula is C68H109O31P9. The summed E-state index contributed by atoms with van der Waals surface area (Å²) in [5, 5.41) is 0. The summed E-state index contributed by atoms with van der Waals surface area (Å²) in [4.78, 5) is 98.2. The number of hydrogen-bond donors (Lipinski definition) is 0. The van der Waals surface area contributed by atoms with Crippen LogP contribution in [0.3, 0.4) is 0 Å². The van der Waals surface area contributed by atoms with Crippen molar-refractivity contribution in [1.29, 1.82) is 0 Å². The second-order valence-corrected chi connectivity index (χ2v) is 49.8. The van der Waals surface area contributed by atoms with Crippen LogP contribution in [0.2, 0.25) is 0 Å². The molecule has 0 bridgehead atoms. The van der Waals surface area contributed by atoms with Gasteiger partial charge in [0.25, 0.3) is 0 Å². The summed E-state index contributed by atoms with van der Waals surface area (Å²) in [7, 11) is -27.1. The number of carbonyl (C=O) groups is 9. The topological polar surface area (TPSA) is 427 Å². The predicted octanol–water partition coefficient (Wildman–Crippen LogP) is 17.6. The molecular weight excluding hydrogens is 1590 g/mol. The van der Waals surface area contributed by atoms with Crippen LogP contribution in [0.5, 0.6) is 0 Å². The molecule has 0 aliphatic heterocycles. The molecule has 0 N–H and O–H groups in total. The first kappa shape index (κ1) is 120. The Morgan fingerprint density at radius 2 is 0.491 bits per heavy atom. The number of rotatable bonds is 27. The van der Waals surface area contributed by atoms with Gasteiger partial charge < -0.3 is 74.6 Å². The molecule has 0 aliphatic rings. The average molecular weight is 1700 g/mol. The first-order valence-corrected chi connectivity index (χ1v) is 52.2. The van der Waals surface area contributed by atoms with E-state index in [2.05, 4.69) is 102 Å². The van der Waals surface area contributed by atoms with E-state index in [1.807, 2.05) is 13.8 Å². The van der Waals surface area contributed by atoms with Crippen molar-refractivity contribution < 1.29 is 145 Å². The largest absolute Gasteiger partial charge is 0.459 e. The number of hydrogen-bond acceptors (Lipinski definition) is 31. The molecule has 0 spiro atoms. The minimum absolute atomic E-state index is 0.0288. The van der Waals surface area contributed by atoms with Crippen LogP contribution < -0.4 is 0 Å². The van der Waals surface area contributed by atoms with Crippen molar-refractivity contribution in [2.45, 2.75) is 119 Å². The maximum Gasteiger partial charge on any atom is 0.439 e. The van der Waals surface area contributed by atoms with Crippen LogP contribution in [0.25, 0.3) is 0 Å². The molecule has 0 aromatic heterocycles. The van der Waals surface area contributed by atoms with Crippen LogP contribution in [-0.2, 0) is 102 Å². The third kappa shape index (κ3) is 77.3. The molecule has 108 heavy (non-hydrogen) atoms. The van der Waals surface area contributed by atoms with Gasteiger partial charge in [-0.2, -0.15) is 0 Å². The summed E-state index contributed by atoms with van der Waals surface area (Å²) < 4.78 is 163. The lowest BCUT2D eigenvalue weighted by molar-refractivity contribution is 0.0461. The van der Waals surface area contributed by atoms with E-state index in [9.17, 15) is 84.2 Å². The molecule has 0 saturated heterocycles.